The standard InChI is InChI=1S/C37H35F5N4O4/c1-45-16-13-21-17-28(37(40,41)42)27(20-26(21)36(45)49)25-5-4-15-46-31(25)11-12-32(46)35(48)22-18-29(38)34(30(39)19-22)44-33(47)6-3-14-43-23-7-9-24(50-2)10-8-23/h3-6,11-12,15,17-20,23-24,43H,7-10,13-14,16H2,1-2H3,(H,44,47)/b6-3+. The molecule has 0 spiro atoms. The van der Waals surface area contributed by atoms with Crippen LogP contribution in [0.5, 0.6) is 0 Å². The van der Waals surface area contributed by atoms with Crippen LogP contribution < -0.4 is 10.6 Å². The van der Waals surface area contributed by atoms with Gasteiger partial charge in [0, 0.05) is 62.3 Å². The fourth-order valence-corrected chi connectivity index (χ4v) is 6.69. The van der Waals surface area contributed by atoms with Gasteiger partial charge in [-0.05, 0) is 85.7 Å². The average Bonchev–Trinajstić information content (AvgIpc) is 3.53. The van der Waals surface area contributed by atoms with E-state index in [9.17, 15) is 27.6 Å². The van der Waals surface area contributed by atoms with Gasteiger partial charge in [-0.15, -0.1) is 0 Å². The highest BCUT2D eigenvalue weighted by Crippen LogP contribution is 2.41. The Labute approximate surface area is 284 Å². The number of halogens is 5. The summed E-state index contributed by atoms with van der Waals surface area (Å²) in [6.07, 6.45) is 3.71. The number of hydrogen-bond donors (Lipinski definition) is 2. The molecule has 0 atom stereocenters. The summed E-state index contributed by atoms with van der Waals surface area (Å²) in [7, 11) is 3.27. The lowest BCUT2D eigenvalue weighted by atomic mass is 9.90. The van der Waals surface area contributed by atoms with Crippen LogP contribution >= 0.6 is 0 Å². The predicted octanol–water partition coefficient (Wildman–Crippen LogP) is 6.80. The quantitative estimate of drug-likeness (QED) is 0.114. The second-order valence-corrected chi connectivity index (χ2v) is 12.6. The summed E-state index contributed by atoms with van der Waals surface area (Å²) in [6.45, 7) is 0.684. The van der Waals surface area contributed by atoms with E-state index in [0.29, 0.717) is 18.7 Å². The highest BCUT2D eigenvalue weighted by molar-refractivity contribution is 6.10. The minimum atomic E-state index is -4.74. The lowest BCUT2D eigenvalue weighted by Crippen LogP contribution is -2.35. The molecule has 262 valence electrons. The first kappa shape index (κ1) is 35.0. The minimum Gasteiger partial charge on any atom is -0.381 e. The van der Waals surface area contributed by atoms with Crippen molar-refractivity contribution in [3.05, 3.63) is 106 Å². The van der Waals surface area contributed by atoms with Crippen LogP contribution in [0.25, 0.3) is 16.6 Å². The molecule has 3 heterocycles. The zero-order valence-corrected chi connectivity index (χ0v) is 27.4. The number of alkyl halides is 3. The molecule has 13 heteroatoms. The van der Waals surface area contributed by atoms with Crippen molar-refractivity contribution >= 4 is 28.8 Å². The molecule has 0 saturated heterocycles. The van der Waals surface area contributed by atoms with Crippen molar-refractivity contribution in [3.63, 3.8) is 0 Å². The van der Waals surface area contributed by atoms with Gasteiger partial charge in [-0.2, -0.15) is 13.2 Å². The number of ether oxygens (including phenoxy) is 1. The third-order valence-corrected chi connectivity index (χ3v) is 9.41. The molecule has 6 rings (SSSR count). The zero-order valence-electron chi connectivity index (χ0n) is 27.4. The topological polar surface area (TPSA) is 92.2 Å². The van der Waals surface area contributed by atoms with E-state index >= 15 is 8.78 Å². The number of benzene rings is 2. The van der Waals surface area contributed by atoms with Gasteiger partial charge in [0.25, 0.3) is 5.91 Å². The van der Waals surface area contributed by atoms with Gasteiger partial charge in [-0.1, -0.05) is 12.1 Å². The summed E-state index contributed by atoms with van der Waals surface area (Å²) in [5.41, 5.74) is -1.53. The molecule has 4 aromatic rings. The molecule has 1 aliphatic heterocycles. The van der Waals surface area contributed by atoms with Crippen molar-refractivity contribution in [3.8, 4) is 11.1 Å². The first-order valence-corrected chi connectivity index (χ1v) is 16.2. The largest absolute Gasteiger partial charge is 0.417 e. The summed E-state index contributed by atoms with van der Waals surface area (Å²) in [5.74, 6) is -4.31. The number of likely N-dealkylation sites (N-methyl/N-ethyl adjacent to an activating group) is 1. The number of pyridine rings is 1. The molecular formula is C37H35F5N4O4. The summed E-state index contributed by atoms with van der Waals surface area (Å²) in [4.78, 5) is 40.2. The van der Waals surface area contributed by atoms with Crippen molar-refractivity contribution < 1.29 is 41.1 Å². The lowest BCUT2D eigenvalue weighted by molar-refractivity contribution is -0.137. The Hall–Kier alpha value is -4.88. The Morgan fingerprint density at radius 3 is 2.38 bits per heavy atom. The summed E-state index contributed by atoms with van der Waals surface area (Å²) < 4.78 is 79.9. The molecule has 2 amide bonds. The normalized spacial score (nSPS) is 18.1. The Kier molecular flexibility index (Phi) is 9.90. The maximum absolute atomic E-state index is 15.1. The van der Waals surface area contributed by atoms with Gasteiger partial charge < -0.3 is 24.7 Å². The van der Waals surface area contributed by atoms with Gasteiger partial charge in [0.2, 0.25) is 11.7 Å². The summed E-state index contributed by atoms with van der Waals surface area (Å²) in [5, 5.41) is 5.49. The number of carbonyl (C=O) groups excluding carboxylic acids is 3. The molecule has 50 heavy (non-hydrogen) atoms. The maximum Gasteiger partial charge on any atom is 0.417 e. The Morgan fingerprint density at radius 1 is 0.980 bits per heavy atom. The number of hydrogen-bond acceptors (Lipinski definition) is 5. The van der Waals surface area contributed by atoms with Crippen LogP contribution in [0.15, 0.2) is 66.9 Å². The maximum atomic E-state index is 15.1. The Morgan fingerprint density at radius 2 is 1.70 bits per heavy atom. The van der Waals surface area contributed by atoms with E-state index in [4.69, 9.17) is 4.74 Å². The molecule has 2 N–H and O–H groups in total. The average molecular weight is 695 g/mol. The van der Waals surface area contributed by atoms with Crippen LogP contribution in [0.2, 0.25) is 0 Å². The van der Waals surface area contributed by atoms with E-state index in [1.807, 2.05) is 0 Å². The van der Waals surface area contributed by atoms with Gasteiger partial charge in [0.1, 0.15) is 17.3 Å². The Bertz CT molecular complexity index is 1970. The second kappa shape index (κ2) is 14.2. The van der Waals surface area contributed by atoms with E-state index < -0.39 is 46.7 Å². The molecular weight excluding hydrogens is 659 g/mol. The number of fused-ring (bicyclic) bond motifs is 2. The second-order valence-electron chi connectivity index (χ2n) is 12.6. The van der Waals surface area contributed by atoms with E-state index in [0.717, 1.165) is 50.0 Å². The smallest absolute Gasteiger partial charge is 0.381 e. The zero-order chi connectivity index (χ0) is 35.7. The van der Waals surface area contributed by atoms with Crippen LogP contribution in [-0.4, -0.2) is 66.3 Å². The summed E-state index contributed by atoms with van der Waals surface area (Å²) >= 11 is 0. The Balaban J connectivity index is 1.22. The highest BCUT2D eigenvalue weighted by atomic mass is 19.4. The molecule has 1 saturated carbocycles. The molecule has 0 radical (unpaired) electrons. The molecule has 2 aliphatic rings. The van der Waals surface area contributed by atoms with Crippen molar-refractivity contribution in [1.29, 1.82) is 0 Å². The fraction of sp³-hybridized carbons (Fsp3) is 0.324. The first-order chi connectivity index (χ1) is 23.8. The number of rotatable bonds is 9. The van der Waals surface area contributed by atoms with Crippen LogP contribution in [0, 0.1) is 11.6 Å². The van der Waals surface area contributed by atoms with Crippen molar-refractivity contribution in [1.82, 2.24) is 14.6 Å². The SMILES string of the molecule is COC1CCC(NC/C=C/C(=O)Nc2c(F)cc(C(=O)c3ccc4c(-c5cc6c(cc5C(F)(F)F)CCN(C)C6=O)cccn34)cc2F)CC1. The highest BCUT2D eigenvalue weighted by Gasteiger charge is 2.37. The van der Waals surface area contributed by atoms with Gasteiger partial charge in [-0.25, -0.2) is 8.78 Å². The van der Waals surface area contributed by atoms with Crippen molar-refractivity contribution in [2.24, 2.45) is 0 Å². The first-order valence-electron chi connectivity index (χ1n) is 16.2. The van der Waals surface area contributed by atoms with Gasteiger partial charge in [0.15, 0.2) is 0 Å². The predicted molar refractivity (Wildman–Crippen MR) is 177 cm³/mol. The number of anilines is 1. The molecule has 0 bridgehead atoms. The molecule has 2 aromatic carbocycles. The minimum absolute atomic E-state index is 0.0640. The van der Waals surface area contributed by atoms with Gasteiger partial charge >= 0.3 is 6.18 Å². The number of aromatic nitrogens is 1. The van der Waals surface area contributed by atoms with E-state index in [-0.39, 0.29) is 52.0 Å². The van der Waals surface area contributed by atoms with Gasteiger partial charge in [0.05, 0.1) is 22.9 Å². The van der Waals surface area contributed by atoms with Crippen molar-refractivity contribution in [2.75, 3.05) is 32.6 Å². The lowest BCUT2D eigenvalue weighted by Gasteiger charge is -2.27. The number of nitrogens with zero attached hydrogens (tertiary/aromatic N) is 2. The number of ketones is 1. The molecule has 1 fully saturated rings. The van der Waals surface area contributed by atoms with Crippen LogP contribution in [0.4, 0.5) is 27.6 Å². The number of methoxy groups -OCH3 is 1. The van der Waals surface area contributed by atoms with Gasteiger partial charge in [-0.3, -0.25) is 14.4 Å². The monoisotopic (exact) mass is 694 g/mol. The molecule has 0 unspecified atom stereocenters. The van der Waals surface area contributed by atoms with Crippen LogP contribution in [-0.2, 0) is 22.1 Å². The van der Waals surface area contributed by atoms with E-state index in [1.54, 1.807) is 20.2 Å². The number of amides is 2. The fourth-order valence-electron chi connectivity index (χ4n) is 6.69. The molecule has 2 aromatic heterocycles. The number of carbonyl (C=O) groups is 3. The summed E-state index contributed by atoms with van der Waals surface area (Å²) in [6, 6.07) is 9.78. The molecule has 1 aliphatic carbocycles. The van der Waals surface area contributed by atoms with E-state index in [2.05, 4.69) is 10.6 Å². The van der Waals surface area contributed by atoms with Crippen LogP contribution in [0.1, 0.15) is 63.2 Å². The van der Waals surface area contributed by atoms with E-state index in [1.165, 1.54) is 45.8 Å². The van der Waals surface area contributed by atoms with Crippen LogP contribution in [0.3, 0.4) is 0 Å². The third kappa shape index (κ3) is 7.06. The third-order valence-electron chi connectivity index (χ3n) is 9.41. The van der Waals surface area contributed by atoms with Crippen molar-refractivity contribution in [2.45, 2.75) is 50.4 Å². The number of nitrogens with one attached hydrogen (secondary N) is 2. The molecule has 8 nitrogen and oxygen atoms in total.